The van der Waals surface area contributed by atoms with Gasteiger partial charge in [0.15, 0.2) is 0 Å². The van der Waals surface area contributed by atoms with Gasteiger partial charge in [-0.05, 0) is 43.4 Å². The predicted molar refractivity (Wildman–Crippen MR) is 51.8 cm³/mol. The maximum absolute atomic E-state index is 6.22. The van der Waals surface area contributed by atoms with E-state index in [1.165, 1.54) is 19.3 Å². The van der Waals surface area contributed by atoms with E-state index in [4.69, 9.17) is 5.73 Å². The fraction of sp³-hybridized carbons (Fsp3) is 1.00. The molecule has 12 heavy (non-hydrogen) atoms. The first-order valence-corrected chi connectivity index (χ1v) is 5.34. The summed E-state index contributed by atoms with van der Waals surface area (Å²) in [5, 5.41) is 0. The summed E-state index contributed by atoms with van der Waals surface area (Å²) in [5.41, 5.74) is 6.37. The van der Waals surface area contributed by atoms with Crippen LogP contribution in [-0.2, 0) is 0 Å². The van der Waals surface area contributed by atoms with Gasteiger partial charge in [-0.3, -0.25) is 0 Å². The molecule has 2 aliphatic carbocycles. The second-order valence-electron chi connectivity index (χ2n) is 5.33. The summed E-state index contributed by atoms with van der Waals surface area (Å²) in [6.45, 7) is 6.95. The third kappa shape index (κ3) is 1.19. The van der Waals surface area contributed by atoms with E-state index in [2.05, 4.69) is 20.8 Å². The highest BCUT2D eigenvalue weighted by molar-refractivity contribution is 5.07. The molecule has 2 N–H and O–H groups in total. The molecule has 0 aliphatic heterocycles. The van der Waals surface area contributed by atoms with Crippen molar-refractivity contribution in [2.24, 2.45) is 29.4 Å². The Kier molecular flexibility index (Phi) is 1.76. The molecule has 0 heterocycles. The van der Waals surface area contributed by atoms with Crippen LogP contribution in [0.2, 0.25) is 0 Å². The molecule has 2 saturated carbocycles. The summed E-state index contributed by atoms with van der Waals surface area (Å²) in [6, 6.07) is 0. The minimum absolute atomic E-state index is 0.145. The average Bonchev–Trinajstić information content (AvgIpc) is 2.58. The maximum atomic E-state index is 6.22. The lowest BCUT2D eigenvalue weighted by Gasteiger charge is -2.34. The van der Waals surface area contributed by atoms with Crippen LogP contribution in [0, 0.1) is 23.7 Å². The highest BCUT2D eigenvalue weighted by atomic mass is 14.8. The molecule has 70 valence electrons. The topological polar surface area (TPSA) is 26.0 Å². The van der Waals surface area contributed by atoms with Crippen molar-refractivity contribution >= 4 is 0 Å². The Bertz CT molecular complexity index is 185. The molecular formula is C11H21N. The Labute approximate surface area is 75.7 Å². The number of fused-ring (bicyclic) bond motifs is 1. The molecule has 5 atom stereocenters. The normalized spacial score (nSPS) is 58.0. The van der Waals surface area contributed by atoms with E-state index in [0.717, 1.165) is 23.7 Å². The first-order valence-electron chi connectivity index (χ1n) is 5.34. The molecule has 5 unspecified atom stereocenters. The van der Waals surface area contributed by atoms with Crippen molar-refractivity contribution in [2.45, 2.75) is 45.6 Å². The summed E-state index contributed by atoms with van der Waals surface area (Å²) >= 11 is 0. The van der Waals surface area contributed by atoms with Gasteiger partial charge in [-0.25, -0.2) is 0 Å². The minimum Gasteiger partial charge on any atom is -0.325 e. The first kappa shape index (κ1) is 8.55. The molecule has 1 nitrogen and oxygen atoms in total. The van der Waals surface area contributed by atoms with E-state index >= 15 is 0 Å². The van der Waals surface area contributed by atoms with E-state index in [9.17, 15) is 0 Å². The van der Waals surface area contributed by atoms with Crippen LogP contribution in [0.5, 0.6) is 0 Å². The van der Waals surface area contributed by atoms with Crippen molar-refractivity contribution in [3.63, 3.8) is 0 Å². The van der Waals surface area contributed by atoms with Crippen molar-refractivity contribution in [2.75, 3.05) is 0 Å². The first-order chi connectivity index (χ1) is 5.55. The van der Waals surface area contributed by atoms with Crippen LogP contribution < -0.4 is 5.73 Å². The predicted octanol–water partition coefficient (Wildman–Crippen LogP) is 2.41. The summed E-state index contributed by atoms with van der Waals surface area (Å²) in [4.78, 5) is 0. The van der Waals surface area contributed by atoms with Crippen LogP contribution in [-0.4, -0.2) is 5.54 Å². The van der Waals surface area contributed by atoms with Crippen molar-refractivity contribution in [1.82, 2.24) is 0 Å². The standard InChI is InChI=1S/C11H21N/c1-4-8-5-11(3,12)6-9-7(2)10(8)9/h7-10H,4-6,12H2,1-3H3. The van der Waals surface area contributed by atoms with Crippen LogP contribution in [0.25, 0.3) is 0 Å². The zero-order valence-corrected chi connectivity index (χ0v) is 8.51. The van der Waals surface area contributed by atoms with Gasteiger partial charge in [-0.1, -0.05) is 20.3 Å². The monoisotopic (exact) mass is 167 g/mol. The van der Waals surface area contributed by atoms with E-state index in [-0.39, 0.29) is 5.54 Å². The number of hydrogen-bond donors (Lipinski definition) is 1. The summed E-state index contributed by atoms with van der Waals surface area (Å²) in [6.07, 6.45) is 3.86. The third-order valence-corrected chi connectivity index (χ3v) is 4.14. The number of rotatable bonds is 1. The van der Waals surface area contributed by atoms with Gasteiger partial charge in [0, 0.05) is 5.54 Å². The van der Waals surface area contributed by atoms with E-state index in [1.807, 2.05) is 0 Å². The zero-order chi connectivity index (χ0) is 8.93. The minimum atomic E-state index is 0.145. The molecule has 2 fully saturated rings. The molecule has 2 rings (SSSR count). The molecule has 0 aromatic rings. The Morgan fingerprint density at radius 3 is 2.67 bits per heavy atom. The Balaban J connectivity index is 2.08. The highest BCUT2D eigenvalue weighted by Crippen LogP contribution is 2.60. The van der Waals surface area contributed by atoms with Gasteiger partial charge in [-0.15, -0.1) is 0 Å². The lowest BCUT2D eigenvalue weighted by atomic mass is 9.76. The molecule has 0 spiro atoms. The van der Waals surface area contributed by atoms with Crippen molar-refractivity contribution in [1.29, 1.82) is 0 Å². The average molecular weight is 167 g/mol. The van der Waals surface area contributed by atoms with E-state index in [1.54, 1.807) is 0 Å². The van der Waals surface area contributed by atoms with Crippen molar-refractivity contribution in [3.05, 3.63) is 0 Å². The van der Waals surface area contributed by atoms with Crippen LogP contribution >= 0.6 is 0 Å². The van der Waals surface area contributed by atoms with Gasteiger partial charge in [0.1, 0.15) is 0 Å². The van der Waals surface area contributed by atoms with E-state index in [0.29, 0.717) is 0 Å². The van der Waals surface area contributed by atoms with Crippen LogP contribution in [0.4, 0.5) is 0 Å². The zero-order valence-electron chi connectivity index (χ0n) is 8.51. The Morgan fingerprint density at radius 1 is 1.42 bits per heavy atom. The van der Waals surface area contributed by atoms with Crippen LogP contribution in [0.1, 0.15) is 40.0 Å². The smallest absolute Gasteiger partial charge is 0.0131 e. The number of hydrogen-bond acceptors (Lipinski definition) is 1. The summed E-state index contributed by atoms with van der Waals surface area (Å²) < 4.78 is 0. The highest BCUT2D eigenvalue weighted by Gasteiger charge is 2.56. The molecule has 0 saturated heterocycles. The Hall–Kier alpha value is -0.0400. The molecule has 0 aromatic carbocycles. The molecule has 2 aliphatic rings. The second-order valence-corrected chi connectivity index (χ2v) is 5.33. The fourth-order valence-electron chi connectivity index (χ4n) is 3.45. The summed E-state index contributed by atoms with van der Waals surface area (Å²) in [5.74, 6) is 3.90. The third-order valence-electron chi connectivity index (χ3n) is 4.14. The van der Waals surface area contributed by atoms with Gasteiger partial charge in [0.05, 0.1) is 0 Å². The number of nitrogens with two attached hydrogens (primary N) is 1. The quantitative estimate of drug-likeness (QED) is 0.637. The molecule has 0 bridgehead atoms. The van der Waals surface area contributed by atoms with Gasteiger partial charge in [0.2, 0.25) is 0 Å². The molecule has 0 radical (unpaired) electrons. The summed E-state index contributed by atoms with van der Waals surface area (Å²) in [7, 11) is 0. The van der Waals surface area contributed by atoms with Gasteiger partial charge < -0.3 is 5.73 Å². The SMILES string of the molecule is CCC1CC(C)(N)CC2C(C)C12. The fourth-order valence-corrected chi connectivity index (χ4v) is 3.45. The molecular weight excluding hydrogens is 146 g/mol. The lowest BCUT2D eigenvalue weighted by molar-refractivity contribution is 0.223. The van der Waals surface area contributed by atoms with Crippen LogP contribution in [0.3, 0.4) is 0 Å². The van der Waals surface area contributed by atoms with Gasteiger partial charge >= 0.3 is 0 Å². The molecule has 1 heteroatoms. The van der Waals surface area contributed by atoms with E-state index < -0.39 is 0 Å². The van der Waals surface area contributed by atoms with Crippen molar-refractivity contribution < 1.29 is 0 Å². The second kappa shape index (κ2) is 2.47. The lowest BCUT2D eigenvalue weighted by Crippen LogP contribution is -2.42. The maximum Gasteiger partial charge on any atom is 0.0131 e. The van der Waals surface area contributed by atoms with Crippen molar-refractivity contribution in [3.8, 4) is 0 Å². The molecule has 0 amide bonds. The van der Waals surface area contributed by atoms with Crippen LogP contribution in [0.15, 0.2) is 0 Å². The molecule has 0 aromatic heterocycles. The Morgan fingerprint density at radius 2 is 2.08 bits per heavy atom. The van der Waals surface area contributed by atoms with Gasteiger partial charge in [-0.2, -0.15) is 0 Å². The van der Waals surface area contributed by atoms with Gasteiger partial charge in [0.25, 0.3) is 0 Å². The largest absolute Gasteiger partial charge is 0.325 e.